The highest BCUT2D eigenvalue weighted by Crippen LogP contribution is 2.24. The van der Waals surface area contributed by atoms with Crippen molar-refractivity contribution in [2.24, 2.45) is 7.05 Å². The van der Waals surface area contributed by atoms with Crippen LogP contribution in [0.2, 0.25) is 5.02 Å². The number of aryl methyl sites for hydroxylation is 1. The second-order valence-corrected chi connectivity index (χ2v) is 6.98. The maximum absolute atomic E-state index is 13.1. The molecule has 0 saturated carbocycles. The van der Waals surface area contributed by atoms with Gasteiger partial charge in [-0.3, -0.25) is 4.79 Å². The molecule has 134 valence electrons. The van der Waals surface area contributed by atoms with Crippen molar-refractivity contribution >= 4 is 34.1 Å². The highest BCUT2D eigenvalue weighted by molar-refractivity contribution is 6.31. The number of benzene rings is 2. The molecule has 1 aliphatic rings. The summed E-state index contributed by atoms with van der Waals surface area (Å²) in [6, 6.07) is 14.0. The number of halogens is 2. The minimum Gasteiger partial charge on any atom is -0.368 e. The lowest BCUT2D eigenvalue weighted by Crippen LogP contribution is -2.49. The summed E-state index contributed by atoms with van der Waals surface area (Å²) in [6.07, 6.45) is 0. The van der Waals surface area contributed by atoms with Crippen LogP contribution in [0.15, 0.2) is 48.5 Å². The zero-order valence-corrected chi connectivity index (χ0v) is 15.2. The smallest absolute Gasteiger partial charge is 0.270 e. The van der Waals surface area contributed by atoms with Crippen LogP contribution in [0.5, 0.6) is 0 Å². The number of hydrogen-bond donors (Lipinski definition) is 0. The molecule has 1 amide bonds. The Balaban J connectivity index is 1.50. The number of nitrogens with zero attached hydrogens (tertiary/aromatic N) is 3. The lowest BCUT2D eigenvalue weighted by atomic mass is 10.2. The van der Waals surface area contributed by atoms with E-state index < -0.39 is 0 Å². The van der Waals surface area contributed by atoms with Crippen LogP contribution in [-0.2, 0) is 7.05 Å². The maximum Gasteiger partial charge on any atom is 0.270 e. The fourth-order valence-electron chi connectivity index (χ4n) is 3.51. The Kier molecular flexibility index (Phi) is 4.32. The van der Waals surface area contributed by atoms with Gasteiger partial charge in [-0.05, 0) is 48.5 Å². The second kappa shape index (κ2) is 6.65. The normalized spacial score (nSPS) is 14.9. The topological polar surface area (TPSA) is 28.5 Å². The number of fused-ring (bicyclic) bond motifs is 1. The molecule has 0 unspecified atom stereocenters. The Morgan fingerprint density at radius 2 is 1.69 bits per heavy atom. The summed E-state index contributed by atoms with van der Waals surface area (Å²) in [5, 5.41) is 1.63. The van der Waals surface area contributed by atoms with Crippen molar-refractivity contribution < 1.29 is 9.18 Å². The fourth-order valence-corrected chi connectivity index (χ4v) is 3.69. The Hall–Kier alpha value is -2.53. The quantitative estimate of drug-likeness (QED) is 0.682. The van der Waals surface area contributed by atoms with E-state index in [2.05, 4.69) is 4.90 Å². The van der Waals surface area contributed by atoms with E-state index >= 15 is 0 Å². The number of aromatic nitrogens is 1. The maximum atomic E-state index is 13.1. The molecule has 4 rings (SSSR count). The number of anilines is 1. The van der Waals surface area contributed by atoms with Crippen molar-refractivity contribution in [2.75, 3.05) is 31.1 Å². The van der Waals surface area contributed by atoms with Crippen molar-refractivity contribution in [3.8, 4) is 0 Å². The van der Waals surface area contributed by atoms with Crippen LogP contribution < -0.4 is 4.90 Å². The molecule has 26 heavy (non-hydrogen) atoms. The Bertz CT molecular complexity index is 959. The average Bonchev–Trinajstić information content (AvgIpc) is 2.98. The summed E-state index contributed by atoms with van der Waals surface area (Å²) in [6.45, 7) is 2.73. The van der Waals surface area contributed by atoms with Gasteiger partial charge in [0.05, 0.1) is 0 Å². The summed E-state index contributed by atoms with van der Waals surface area (Å²) in [5.74, 6) is -0.211. The molecule has 1 aromatic heterocycles. The first-order valence-corrected chi connectivity index (χ1v) is 8.95. The fraction of sp³-hybridized carbons (Fsp3) is 0.250. The van der Waals surface area contributed by atoms with Crippen molar-refractivity contribution in [1.82, 2.24) is 9.47 Å². The molecule has 2 heterocycles. The summed E-state index contributed by atoms with van der Waals surface area (Å²) < 4.78 is 15.0. The van der Waals surface area contributed by atoms with Gasteiger partial charge in [0.1, 0.15) is 11.5 Å². The minimum absolute atomic E-state index is 0.0265. The average molecular weight is 372 g/mol. The van der Waals surface area contributed by atoms with Crippen molar-refractivity contribution in [2.45, 2.75) is 0 Å². The van der Waals surface area contributed by atoms with Gasteiger partial charge in [0.2, 0.25) is 0 Å². The highest BCUT2D eigenvalue weighted by atomic mass is 35.5. The van der Waals surface area contributed by atoms with Gasteiger partial charge in [0.25, 0.3) is 5.91 Å². The molecular weight excluding hydrogens is 353 g/mol. The number of hydrogen-bond acceptors (Lipinski definition) is 2. The van der Waals surface area contributed by atoms with Crippen LogP contribution in [0.3, 0.4) is 0 Å². The van der Waals surface area contributed by atoms with Gasteiger partial charge in [-0.1, -0.05) is 11.6 Å². The van der Waals surface area contributed by atoms with Gasteiger partial charge in [0.15, 0.2) is 0 Å². The second-order valence-electron chi connectivity index (χ2n) is 6.55. The first-order valence-electron chi connectivity index (χ1n) is 8.58. The van der Waals surface area contributed by atoms with E-state index in [1.54, 1.807) is 12.1 Å². The molecule has 3 aromatic rings. The predicted molar refractivity (Wildman–Crippen MR) is 102 cm³/mol. The van der Waals surface area contributed by atoms with Crippen LogP contribution in [0.25, 0.3) is 10.9 Å². The number of carbonyl (C=O) groups is 1. The zero-order chi connectivity index (χ0) is 18.3. The molecule has 1 saturated heterocycles. The number of amides is 1. The van der Waals surface area contributed by atoms with Gasteiger partial charge < -0.3 is 14.4 Å². The lowest BCUT2D eigenvalue weighted by molar-refractivity contribution is 0.0737. The Labute approximate surface area is 156 Å². The zero-order valence-electron chi connectivity index (χ0n) is 14.5. The van der Waals surface area contributed by atoms with Crippen LogP contribution >= 0.6 is 11.6 Å². The standard InChI is InChI=1S/C20H19ClFN3O/c1-23-18-7-2-15(21)12-14(18)13-19(23)20(26)25-10-8-24(9-11-25)17-5-3-16(22)4-6-17/h2-7,12-13H,8-11H2,1H3. The van der Waals surface area contributed by atoms with E-state index in [0.717, 1.165) is 29.7 Å². The molecule has 4 nitrogen and oxygen atoms in total. The van der Waals surface area contributed by atoms with E-state index in [0.29, 0.717) is 23.8 Å². The van der Waals surface area contributed by atoms with E-state index in [1.165, 1.54) is 12.1 Å². The molecule has 2 aromatic carbocycles. The molecule has 0 N–H and O–H groups in total. The first-order chi connectivity index (χ1) is 12.5. The molecule has 0 spiro atoms. The first kappa shape index (κ1) is 16.9. The Morgan fingerprint density at radius 1 is 1.00 bits per heavy atom. The van der Waals surface area contributed by atoms with Gasteiger partial charge in [-0.2, -0.15) is 0 Å². The molecule has 1 aliphatic heterocycles. The molecule has 0 atom stereocenters. The van der Waals surface area contributed by atoms with Gasteiger partial charge in [-0.15, -0.1) is 0 Å². The molecular formula is C20H19ClFN3O. The highest BCUT2D eigenvalue weighted by Gasteiger charge is 2.24. The van der Waals surface area contributed by atoms with E-state index in [1.807, 2.05) is 40.8 Å². The molecule has 0 radical (unpaired) electrons. The van der Waals surface area contributed by atoms with Gasteiger partial charge in [-0.25, -0.2) is 4.39 Å². The SMILES string of the molecule is Cn1c(C(=O)N2CCN(c3ccc(F)cc3)CC2)cc2cc(Cl)ccc21. The third kappa shape index (κ3) is 3.03. The predicted octanol–water partition coefficient (Wildman–Crippen LogP) is 3.93. The van der Waals surface area contributed by atoms with Crippen LogP contribution in [0.4, 0.5) is 10.1 Å². The third-order valence-corrected chi connectivity index (χ3v) is 5.22. The third-order valence-electron chi connectivity index (χ3n) is 4.98. The largest absolute Gasteiger partial charge is 0.368 e. The Morgan fingerprint density at radius 3 is 2.38 bits per heavy atom. The van der Waals surface area contributed by atoms with Crippen molar-refractivity contribution in [3.05, 3.63) is 65.1 Å². The summed E-state index contributed by atoms with van der Waals surface area (Å²) >= 11 is 6.06. The lowest BCUT2D eigenvalue weighted by Gasteiger charge is -2.36. The van der Waals surface area contributed by atoms with E-state index in [9.17, 15) is 9.18 Å². The van der Waals surface area contributed by atoms with Crippen molar-refractivity contribution in [1.29, 1.82) is 0 Å². The summed E-state index contributed by atoms with van der Waals surface area (Å²) in [4.78, 5) is 17.0. The molecule has 6 heteroatoms. The van der Waals surface area contributed by atoms with E-state index in [-0.39, 0.29) is 11.7 Å². The van der Waals surface area contributed by atoms with E-state index in [4.69, 9.17) is 11.6 Å². The van der Waals surface area contributed by atoms with Crippen LogP contribution in [0.1, 0.15) is 10.5 Å². The molecule has 0 bridgehead atoms. The number of carbonyl (C=O) groups excluding carboxylic acids is 1. The monoisotopic (exact) mass is 371 g/mol. The number of piperazine rings is 1. The van der Waals surface area contributed by atoms with Gasteiger partial charge in [0, 0.05) is 54.8 Å². The molecule has 1 fully saturated rings. The van der Waals surface area contributed by atoms with Crippen molar-refractivity contribution in [3.63, 3.8) is 0 Å². The minimum atomic E-state index is -0.238. The summed E-state index contributed by atoms with van der Waals surface area (Å²) in [5.41, 5.74) is 2.64. The van der Waals surface area contributed by atoms with Gasteiger partial charge >= 0.3 is 0 Å². The molecule has 0 aliphatic carbocycles. The van der Waals surface area contributed by atoms with Crippen LogP contribution in [-0.4, -0.2) is 41.6 Å². The summed E-state index contributed by atoms with van der Waals surface area (Å²) in [7, 11) is 1.90. The number of rotatable bonds is 2. The van der Waals surface area contributed by atoms with Crippen LogP contribution in [0, 0.1) is 5.82 Å².